The van der Waals surface area contributed by atoms with Gasteiger partial charge in [-0.2, -0.15) is 0 Å². The maximum Gasteiger partial charge on any atom is 0.125 e. The molecule has 2 atom stereocenters. The van der Waals surface area contributed by atoms with Crippen LogP contribution in [0.25, 0.3) is 11.1 Å². The topological polar surface area (TPSA) is 17.1 Å². The van der Waals surface area contributed by atoms with Crippen LogP contribution in [0.2, 0.25) is 0 Å². The van der Waals surface area contributed by atoms with Crippen molar-refractivity contribution in [2.75, 3.05) is 0 Å². The van der Waals surface area contributed by atoms with Crippen LogP contribution in [0.15, 0.2) is 84.9 Å². The summed E-state index contributed by atoms with van der Waals surface area (Å²) in [6, 6.07) is 25.8. The minimum Gasteiger partial charge on any atom is -0.303 e. The third-order valence-electron chi connectivity index (χ3n) is 6.17. The normalized spacial score (nSPS) is 21.6. The van der Waals surface area contributed by atoms with Crippen molar-refractivity contribution in [1.29, 1.82) is 0 Å². The van der Waals surface area contributed by atoms with Gasteiger partial charge in [-0.05, 0) is 40.3 Å². The van der Waals surface area contributed by atoms with E-state index in [0.29, 0.717) is 0 Å². The summed E-state index contributed by atoms with van der Waals surface area (Å²) in [7, 11) is 0. The van der Waals surface area contributed by atoms with Crippen LogP contribution >= 0.6 is 0 Å². The molecule has 1 nitrogen and oxygen atoms in total. The zero-order valence-electron chi connectivity index (χ0n) is 14.7. The van der Waals surface area contributed by atoms with E-state index >= 15 is 0 Å². The SMILES string of the molecule is C/C=C\C1c2ccccc2C2(c3ccccc3-c3ccccc32)C1C=O. The Labute approximate surface area is 154 Å². The number of carbonyl (C=O) groups is 1. The first-order valence-electron chi connectivity index (χ1n) is 9.21. The standard InChI is InChI=1S/C25H20O/c1-2-9-17-18-10-3-6-13-21(18)25(24(17)16-26)22-14-7-4-11-19(22)20-12-5-8-15-23(20)25/h2-17,24H,1H3/b9-2-. The van der Waals surface area contributed by atoms with Gasteiger partial charge in [0.2, 0.25) is 0 Å². The third kappa shape index (κ3) is 1.68. The first kappa shape index (κ1) is 15.3. The van der Waals surface area contributed by atoms with E-state index < -0.39 is 5.41 Å². The Morgan fingerprint density at radius 1 is 0.769 bits per heavy atom. The van der Waals surface area contributed by atoms with Crippen molar-refractivity contribution in [3.63, 3.8) is 0 Å². The van der Waals surface area contributed by atoms with E-state index in [1.54, 1.807) is 0 Å². The second-order valence-corrected chi connectivity index (χ2v) is 7.20. The van der Waals surface area contributed by atoms with E-state index in [4.69, 9.17) is 0 Å². The smallest absolute Gasteiger partial charge is 0.125 e. The number of aldehydes is 1. The van der Waals surface area contributed by atoms with Gasteiger partial charge < -0.3 is 4.79 Å². The lowest BCUT2D eigenvalue weighted by Gasteiger charge is -2.33. The van der Waals surface area contributed by atoms with Gasteiger partial charge in [0.1, 0.15) is 6.29 Å². The molecule has 126 valence electrons. The molecule has 0 saturated carbocycles. The zero-order chi connectivity index (χ0) is 17.7. The van der Waals surface area contributed by atoms with Crippen LogP contribution in [0.3, 0.4) is 0 Å². The molecule has 0 saturated heterocycles. The average molecular weight is 336 g/mol. The quantitative estimate of drug-likeness (QED) is 0.447. The summed E-state index contributed by atoms with van der Waals surface area (Å²) in [5, 5.41) is 0. The van der Waals surface area contributed by atoms with Gasteiger partial charge in [-0.15, -0.1) is 0 Å². The molecule has 0 amide bonds. The van der Waals surface area contributed by atoms with Crippen molar-refractivity contribution in [2.45, 2.75) is 18.3 Å². The van der Waals surface area contributed by atoms with Crippen LogP contribution in [0, 0.1) is 5.92 Å². The molecule has 0 aromatic heterocycles. The zero-order valence-corrected chi connectivity index (χ0v) is 14.7. The number of hydrogen-bond acceptors (Lipinski definition) is 1. The highest BCUT2D eigenvalue weighted by Crippen LogP contribution is 2.63. The van der Waals surface area contributed by atoms with Gasteiger partial charge in [0.15, 0.2) is 0 Å². The summed E-state index contributed by atoms with van der Waals surface area (Å²) < 4.78 is 0. The Kier molecular flexibility index (Phi) is 3.27. The molecule has 2 unspecified atom stereocenters. The van der Waals surface area contributed by atoms with E-state index in [1.165, 1.54) is 39.7 Å². The Morgan fingerprint density at radius 2 is 1.31 bits per heavy atom. The van der Waals surface area contributed by atoms with Crippen molar-refractivity contribution >= 4 is 6.29 Å². The first-order chi connectivity index (χ1) is 12.8. The molecule has 0 N–H and O–H groups in total. The minimum absolute atomic E-state index is 0.105. The summed E-state index contributed by atoms with van der Waals surface area (Å²) in [6.07, 6.45) is 5.45. The molecular formula is C25H20O. The fourth-order valence-corrected chi connectivity index (χ4v) is 5.32. The van der Waals surface area contributed by atoms with Crippen molar-refractivity contribution < 1.29 is 4.79 Å². The van der Waals surface area contributed by atoms with Gasteiger partial charge in [0, 0.05) is 11.8 Å². The summed E-state index contributed by atoms with van der Waals surface area (Å²) in [6.45, 7) is 2.03. The van der Waals surface area contributed by atoms with Crippen LogP contribution in [0.1, 0.15) is 35.1 Å². The maximum atomic E-state index is 12.5. The lowest BCUT2D eigenvalue weighted by molar-refractivity contribution is -0.112. The number of rotatable bonds is 2. The molecule has 0 aliphatic heterocycles. The molecule has 3 aromatic carbocycles. The van der Waals surface area contributed by atoms with E-state index in [9.17, 15) is 4.79 Å². The van der Waals surface area contributed by atoms with E-state index in [0.717, 1.165) is 0 Å². The molecule has 5 rings (SSSR count). The second-order valence-electron chi connectivity index (χ2n) is 7.20. The molecule has 2 aliphatic rings. The molecule has 1 heteroatoms. The average Bonchev–Trinajstić information content (AvgIpc) is 3.15. The fourth-order valence-electron chi connectivity index (χ4n) is 5.32. The van der Waals surface area contributed by atoms with E-state index in [-0.39, 0.29) is 11.8 Å². The monoisotopic (exact) mass is 336 g/mol. The summed E-state index contributed by atoms with van der Waals surface area (Å²) in [5.74, 6) is -0.0335. The van der Waals surface area contributed by atoms with Crippen LogP contribution < -0.4 is 0 Å². The van der Waals surface area contributed by atoms with Crippen LogP contribution in [0.4, 0.5) is 0 Å². The molecular weight excluding hydrogens is 316 g/mol. The molecule has 2 aliphatic carbocycles. The third-order valence-corrected chi connectivity index (χ3v) is 6.17. The van der Waals surface area contributed by atoms with Gasteiger partial charge in [-0.1, -0.05) is 84.9 Å². The minimum atomic E-state index is -0.393. The predicted octanol–water partition coefficient (Wildman–Crippen LogP) is 5.49. The predicted molar refractivity (Wildman–Crippen MR) is 105 cm³/mol. The van der Waals surface area contributed by atoms with Crippen molar-refractivity contribution in [1.82, 2.24) is 0 Å². The van der Waals surface area contributed by atoms with Gasteiger partial charge >= 0.3 is 0 Å². The summed E-state index contributed by atoms with van der Waals surface area (Å²) in [4.78, 5) is 12.5. The Bertz CT molecular complexity index is 998. The Balaban J connectivity index is 1.96. The van der Waals surface area contributed by atoms with Gasteiger partial charge in [-0.25, -0.2) is 0 Å². The highest BCUT2D eigenvalue weighted by molar-refractivity contribution is 5.88. The highest BCUT2D eigenvalue weighted by atomic mass is 16.1. The molecule has 26 heavy (non-hydrogen) atoms. The second kappa shape index (κ2) is 5.54. The van der Waals surface area contributed by atoms with Crippen LogP contribution in [0.5, 0.6) is 0 Å². The first-order valence-corrected chi connectivity index (χ1v) is 9.21. The van der Waals surface area contributed by atoms with Gasteiger partial charge in [-0.3, -0.25) is 0 Å². The molecule has 1 spiro atoms. The molecule has 0 radical (unpaired) electrons. The van der Waals surface area contributed by atoms with Crippen molar-refractivity contribution in [3.05, 3.63) is 107 Å². The lowest BCUT2D eigenvalue weighted by atomic mass is 9.67. The van der Waals surface area contributed by atoms with Crippen LogP contribution in [-0.2, 0) is 10.2 Å². The number of carbonyl (C=O) groups excluding carboxylic acids is 1. The van der Waals surface area contributed by atoms with Crippen molar-refractivity contribution in [3.8, 4) is 11.1 Å². The van der Waals surface area contributed by atoms with Crippen molar-refractivity contribution in [2.24, 2.45) is 5.92 Å². The number of fused-ring (bicyclic) bond motifs is 7. The Morgan fingerprint density at radius 3 is 1.88 bits per heavy atom. The van der Waals surface area contributed by atoms with Crippen LogP contribution in [-0.4, -0.2) is 6.29 Å². The molecule has 0 heterocycles. The summed E-state index contributed by atoms with van der Waals surface area (Å²) >= 11 is 0. The van der Waals surface area contributed by atoms with E-state index in [2.05, 4.69) is 84.9 Å². The number of allylic oxidation sites excluding steroid dienone is 2. The number of hydrogen-bond donors (Lipinski definition) is 0. The summed E-state index contributed by atoms with van der Waals surface area (Å²) in [5.41, 5.74) is 7.19. The van der Waals surface area contributed by atoms with E-state index in [1.807, 2.05) is 6.92 Å². The maximum absolute atomic E-state index is 12.5. The molecule has 0 bridgehead atoms. The lowest BCUT2D eigenvalue weighted by Crippen LogP contribution is -2.34. The fraction of sp³-hybridized carbons (Fsp3) is 0.160. The largest absolute Gasteiger partial charge is 0.303 e. The number of benzene rings is 3. The Hall–Kier alpha value is -2.93. The molecule has 0 fully saturated rings. The highest BCUT2D eigenvalue weighted by Gasteiger charge is 2.57. The molecule has 3 aromatic rings. The van der Waals surface area contributed by atoms with Gasteiger partial charge in [0.05, 0.1) is 5.41 Å². The van der Waals surface area contributed by atoms with Gasteiger partial charge in [0.25, 0.3) is 0 Å².